The van der Waals surface area contributed by atoms with Crippen LogP contribution in [0.3, 0.4) is 0 Å². The van der Waals surface area contributed by atoms with Gasteiger partial charge in [-0.3, -0.25) is 9.69 Å². The number of carbonyl (C=O) groups is 1. The highest BCUT2D eigenvalue weighted by atomic mass is 32.2. The second-order valence-corrected chi connectivity index (χ2v) is 10.5. The van der Waals surface area contributed by atoms with Crippen molar-refractivity contribution in [3.05, 3.63) is 69.6 Å². The van der Waals surface area contributed by atoms with Gasteiger partial charge in [0.25, 0.3) is 5.91 Å². The Morgan fingerprint density at radius 1 is 1.24 bits per heavy atom. The summed E-state index contributed by atoms with van der Waals surface area (Å²) in [5, 5.41) is 2.88. The van der Waals surface area contributed by atoms with Gasteiger partial charge in [-0.15, -0.1) is 0 Å². The molecular formula is C26H33F4N5O2S. The van der Waals surface area contributed by atoms with E-state index in [0.717, 1.165) is 0 Å². The molecule has 0 radical (unpaired) electrons. The van der Waals surface area contributed by atoms with Crippen molar-refractivity contribution in [3.8, 4) is 0 Å². The normalized spacial score (nSPS) is 18.1. The van der Waals surface area contributed by atoms with E-state index in [9.17, 15) is 22.2 Å². The van der Waals surface area contributed by atoms with E-state index in [2.05, 4.69) is 15.0 Å². The second-order valence-electron chi connectivity index (χ2n) is 9.31. The van der Waals surface area contributed by atoms with E-state index >= 15 is 4.39 Å². The first-order valence-electron chi connectivity index (χ1n) is 12.2. The van der Waals surface area contributed by atoms with E-state index in [0.29, 0.717) is 29.8 Å². The number of nitrogens with one attached hydrogen (secondary N) is 2. The molecule has 1 unspecified atom stereocenters. The second kappa shape index (κ2) is 11.8. The molecule has 2 bridgehead atoms. The zero-order valence-corrected chi connectivity index (χ0v) is 23.1. The van der Waals surface area contributed by atoms with Gasteiger partial charge >= 0.3 is 6.18 Å². The van der Waals surface area contributed by atoms with Gasteiger partial charge in [-0.25, -0.2) is 18.3 Å². The number of amides is 1. The average molecular weight is 556 g/mol. The summed E-state index contributed by atoms with van der Waals surface area (Å²) in [6.07, 6.45) is 0.179. The number of anilines is 1. The number of hydrogen-bond donors (Lipinski definition) is 2. The van der Waals surface area contributed by atoms with Gasteiger partial charge < -0.3 is 10.2 Å². The van der Waals surface area contributed by atoms with Crippen molar-refractivity contribution in [3.63, 3.8) is 0 Å². The molecule has 38 heavy (non-hydrogen) atoms. The van der Waals surface area contributed by atoms with E-state index in [-0.39, 0.29) is 41.6 Å². The average Bonchev–Trinajstić information content (AvgIpc) is 3.05. The molecule has 1 amide bonds. The fraction of sp³-hybridized carbons (Fsp3) is 0.462. The molecule has 1 aliphatic heterocycles. The van der Waals surface area contributed by atoms with Crippen LogP contribution in [-0.4, -0.2) is 63.9 Å². The van der Waals surface area contributed by atoms with Crippen LogP contribution in [0.5, 0.6) is 0 Å². The highest BCUT2D eigenvalue weighted by molar-refractivity contribution is 7.82. The topological polar surface area (TPSA) is 77.6 Å². The number of alkyl halides is 3. The standard InChI is InChI=1S/C26H33F4N5O2S/c1-7-35(11-10-31-38(6)37)24-22(27)20-14-18(25(36)34(24)5)12-15(2)13-19(20)17(4)33-21-9-8-16(3)32-23(21)26(28,29)30/h8-9,12-13,17,31,33H,7,10-11,14H2,1-6H3/t17-,38?/m1/s1. The molecule has 0 spiro atoms. The van der Waals surface area contributed by atoms with E-state index in [1.54, 1.807) is 30.9 Å². The van der Waals surface area contributed by atoms with Crippen LogP contribution in [0.25, 0.3) is 0 Å². The molecule has 12 heteroatoms. The van der Waals surface area contributed by atoms with E-state index in [1.165, 1.54) is 37.3 Å². The number of likely N-dealkylation sites (N-methyl/N-ethyl adjacent to an activating group) is 2. The number of rotatable bonds is 9. The van der Waals surface area contributed by atoms with Gasteiger partial charge in [0.1, 0.15) is 5.82 Å². The number of allylic oxidation sites excluding steroid dienone is 4. The number of pyridine rings is 1. The predicted octanol–water partition coefficient (Wildman–Crippen LogP) is 4.60. The number of halogens is 4. The minimum atomic E-state index is -4.68. The van der Waals surface area contributed by atoms with Crippen LogP contribution >= 0.6 is 0 Å². The highest BCUT2D eigenvalue weighted by Gasteiger charge is 2.37. The third kappa shape index (κ3) is 6.52. The lowest BCUT2D eigenvalue weighted by atomic mass is 9.96. The van der Waals surface area contributed by atoms with Crippen LogP contribution in [0, 0.1) is 6.92 Å². The Bertz CT molecular complexity index is 1250. The van der Waals surface area contributed by atoms with Gasteiger partial charge in [0.2, 0.25) is 0 Å². The molecule has 2 N–H and O–H groups in total. The number of hydrogen-bond acceptors (Lipinski definition) is 5. The SMILES string of the molecule is CCN(CCNS(C)=O)C1=C(F)C2=C([C@@H](C)Nc3ccc(C)nc3C(F)(F)F)C=C(C)C=C(C2)C(=O)N1C. The number of fused-ring (bicyclic) bond motifs is 2. The van der Waals surface area contributed by atoms with Crippen molar-refractivity contribution in [1.82, 2.24) is 19.5 Å². The zero-order valence-electron chi connectivity index (χ0n) is 22.3. The molecule has 1 aliphatic carbocycles. The summed E-state index contributed by atoms with van der Waals surface area (Å²) in [5.41, 5.74) is 0.670. The summed E-state index contributed by atoms with van der Waals surface area (Å²) >= 11 is 0. The van der Waals surface area contributed by atoms with Crippen molar-refractivity contribution in [1.29, 1.82) is 0 Å². The maximum atomic E-state index is 16.4. The van der Waals surface area contributed by atoms with E-state index in [4.69, 9.17) is 0 Å². The smallest absolute Gasteiger partial charge is 0.377 e. The molecule has 0 saturated carbocycles. The van der Waals surface area contributed by atoms with E-state index < -0.39 is 34.7 Å². The number of nitrogens with zero attached hydrogens (tertiary/aromatic N) is 3. The van der Waals surface area contributed by atoms with Crippen molar-refractivity contribution >= 4 is 22.6 Å². The summed E-state index contributed by atoms with van der Waals surface area (Å²) < 4.78 is 71.8. The number of aromatic nitrogens is 1. The van der Waals surface area contributed by atoms with Crippen LogP contribution < -0.4 is 10.0 Å². The summed E-state index contributed by atoms with van der Waals surface area (Å²) in [6.45, 7) is 7.65. The first-order chi connectivity index (χ1) is 17.7. The quantitative estimate of drug-likeness (QED) is 0.436. The maximum absolute atomic E-state index is 16.4. The molecule has 1 aromatic rings. The van der Waals surface area contributed by atoms with Gasteiger partial charge in [-0.2, -0.15) is 13.2 Å². The van der Waals surface area contributed by atoms with Crippen LogP contribution in [0.2, 0.25) is 0 Å². The van der Waals surface area contributed by atoms with Crippen molar-refractivity contribution < 1.29 is 26.6 Å². The number of carbonyl (C=O) groups excluding carboxylic acids is 1. The molecule has 0 saturated heterocycles. The van der Waals surface area contributed by atoms with Crippen molar-refractivity contribution in [2.45, 2.75) is 46.3 Å². The van der Waals surface area contributed by atoms with Crippen LogP contribution in [0.1, 0.15) is 38.6 Å². The third-order valence-corrected chi connectivity index (χ3v) is 6.98. The van der Waals surface area contributed by atoms with Crippen LogP contribution in [0.15, 0.2) is 58.2 Å². The lowest BCUT2D eigenvalue weighted by molar-refractivity contribution is -0.140. The lowest BCUT2D eigenvalue weighted by Crippen LogP contribution is -2.40. The molecule has 0 fully saturated rings. The fourth-order valence-electron chi connectivity index (χ4n) is 4.60. The Kier molecular flexibility index (Phi) is 9.19. The molecule has 2 heterocycles. The molecule has 3 rings (SSSR count). The Morgan fingerprint density at radius 3 is 2.53 bits per heavy atom. The first-order valence-corrected chi connectivity index (χ1v) is 13.7. The molecular weight excluding hydrogens is 522 g/mol. The molecule has 2 aliphatic rings. The maximum Gasteiger partial charge on any atom is 0.435 e. The minimum absolute atomic E-state index is 0.0131. The van der Waals surface area contributed by atoms with Crippen LogP contribution in [-0.2, 0) is 22.0 Å². The van der Waals surface area contributed by atoms with Crippen molar-refractivity contribution in [2.75, 3.05) is 38.3 Å². The van der Waals surface area contributed by atoms with Gasteiger partial charge in [0.15, 0.2) is 11.5 Å². The third-order valence-electron chi connectivity index (χ3n) is 6.37. The Labute approximate surface area is 222 Å². The van der Waals surface area contributed by atoms with Crippen molar-refractivity contribution in [2.24, 2.45) is 0 Å². The van der Waals surface area contributed by atoms with Gasteiger partial charge in [-0.1, -0.05) is 17.7 Å². The van der Waals surface area contributed by atoms with Gasteiger partial charge in [0.05, 0.1) is 16.7 Å². The molecule has 208 valence electrons. The van der Waals surface area contributed by atoms with Gasteiger partial charge in [0, 0.05) is 62.2 Å². The van der Waals surface area contributed by atoms with Gasteiger partial charge in [-0.05, 0) is 45.4 Å². The summed E-state index contributed by atoms with van der Waals surface area (Å²) in [7, 11) is 0.242. The highest BCUT2D eigenvalue weighted by Crippen LogP contribution is 2.39. The molecule has 7 nitrogen and oxygen atoms in total. The van der Waals surface area contributed by atoms with Crippen LogP contribution in [0.4, 0.5) is 23.2 Å². The predicted molar refractivity (Wildman–Crippen MR) is 141 cm³/mol. The summed E-state index contributed by atoms with van der Waals surface area (Å²) in [4.78, 5) is 20.0. The molecule has 1 aromatic heterocycles. The zero-order chi connectivity index (χ0) is 28.4. The lowest BCUT2D eigenvalue weighted by Gasteiger charge is -2.32. The number of aryl methyl sites for hydroxylation is 1. The first kappa shape index (κ1) is 29.6. The molecule has 0 aromatic carbocycles. The summed E-state index contributed by atoms with van der Waals surface area (Å²) in [5.74, 6) is -0.936. The molecule has 2 atom stereocenters. The summed E-state index contributed by atoms with van der Waals surface area (Å²) in [6, 6.07) is 2.04. The Morgan fingerprint density at radius 2 is 1.92 bits per heavy atom. The minimum Gasteiger partial charge on any atom is -0.377 e. The Balaban J connectivity index is 2.13. The largest absolute Gasteiger partial charge is 0.435 e. The monoisotopic (exact) mass is 555 g/mol. The fourth-order valence-corrected chi connectivity index (χ4v) is 4.98. The van der Waals surface area contributed by atoms with E-state index in [1.807, 2.05) is 6.92 Å². The Hall–Kier alpha value is -2.99.